The van der Waals surface area contributed by atoms with Crippen molar-refractivity contribution < 1.29 is 9.90 Å². The highest BCUT2D eigenvalue weighted by Crippen LogP contribution is 2.21. The number of carboxylic acid groups (broad SMARTS) is 1. The normalized spacial score (nSPS) is 12.8. The molecule has 0 spiro atoms. The summed E-state index contributed by atoms with van der Waals surface area (Å²) in [5.74, 6) is -0.816. The Labute approximate surface area is 124 Å². The topological polar surface area (TPSA) is 71.2 Å². The zero-order chi connectivity index (χ0) is 15.0. The van der Waals surface area contributed by atoms with Gasteiger partial charge in [-0.1, -0.05) is 25.6 Å². The van der Waals surface area contributed by atoms with Crippen LogP contribution in [0.3, 0.4) is 0 Å². The summed E-state index contributed by atoms with van der Waals surface area (Å²) in [6.07, 6.45) is 3.84. The van der Waals surface area contributed by atoms with Gasteiger partial charge in [-0.05, 0) is 39.4 Å². The molecule has 1 atom stereocenters. The summed E-state index contributed by atoms with van der Waals surface area (Å²) in [6, 6.07) is 0.289. The molecule has 7 heteroatoms. The third-order valence-corrected chi connectivity index (χ3v) is 4.27. The summed E-state index contributed by atoms with van der Waals surface area (Å²) < 4.78 is 1.97. The van der Waals surface area contributed by atoms with Crippen molar-refractivity contribution in [2.24, 2.45) is 0 Å². The molecule has 0 saturated carbocycles. The van der Waals surface area contributed by atoms with E-state index in [0.717, 1.165) is 32.5 Å². The average molecular weight is 300 g/mol. The maximum atomic E-state index is 10.6. The fraction of sp³-hybridized carbons (Fsp3) is 0.769. The largest absolute Gasteiger partial charge is 0.481 e. The Balaban J connectivity index is 2.44. The van der Waals surface area contributed by atoms with E-state index in [2.05, 4.69) is 35.9 Å². The van der Waals surface area contributed by atoms with Gasteiger partial charge in [0.15, 0.2) is 5.16 Å². The van der Waals surface area contributed by atoms with Crippen molar-refractivity contribution in [3.05, 3.63) is 6.33 Å². The monoisotopic (exact) mass is 300 g/mol. The quantitative estimate of drug-likeness (QED) is 0.668. The Kier molecular flexibility index (Phi) is 7.61. The van der Waals surface area contributed by atoms with E-state index in [9.17, 15) is 4.79 Å². The lowest BCUT2D eigenvalue weighted by Crippen LogP contribution is -2.24. The van der Waals surface area contributed by atoms with Crippen LogP contribution in [0.4, 0.5) is 0 Å². The van der Waals surface area contributed by atoms with E-state index < -0.39 is 5.97 Å². The molecule has 20 heavy (non-hydrogen) atoms. The lowest BCUT2D eigenvalue weighted by molar-refractivity contribution is -0.133. The number of nitrogens with zero attached hydrogens (tertiary/aromatic N) is 4. The maximum Gasteiger partial charge on any atom is 0.313 e. The van der Waals surface area contributed by atoms with Crippen LogP contribution in [0.1, 0.15) is 39.7 Å². The lowest BCUT2D eigenvalue weighted by Gasteiger charge is -2.20. The van der Waals surface area contributed by atoms with E-state index in [1.807, 2.05) is 4.57 Å². The van der Waals surface area contributed by atoms with Crippen molar-refractivity contribution in [3.8, 4) is 0 Å². The standard InChI is InChI=1S/C13H24N4O2S/c1-4-16(5-2)8-6-7-11(3)17-10-14-15-13(17)20-9-12(18)19/h10-11H,4-9H2,1-3H3,(H,18,19). The van der Waals surface area contributed by atoms with E-state index in [0.29, 0.717) is 5.16 Å². The van der Waals surface area contributed by atoms with E-state index >= 15 is 0 Å². The number of rotatable bonds is 10. The molecule has 0 aliphatic carbocycles. The molecular weight excluding hydrogens is 276 g/mol. The Morgan fingerprint density at radius 3 is 2.80 bits per heavy atom. The van der Waals surface area contributed by atoms with Crippen LogP contribution in [0.25, 0.3) is 0 Å². The molecule has 1 aromatic heterocycles. The molecule has 1 heterocycles. The summed E-state index contributed by atoms with van der Waals surface area (Å²) in [6.45, 7) is 9.72. The molecule has 6 nitrogen and oxygen atoms in total. The van der Waals surface area contributed by atoms with Crippen LogP contribution < -0.4 is 0 Å². The Bertz CT molecular complexity index is 407. The lowest BCUT2D eigenvalue weighted by atomic mass is 10.2. The Morgan fingerprint density at radius 1 is 1.50 bits per heavy atom. The summed E-state index contributed by atoms with van der Waals surface area (Å²) in [7, 11) is 0. The number of hydrogen-bond donors (Lipinski definition) is 1. The summed E-state index contributed by atoms with van der Waals surface area (Å²) in [4.78, 5) is 13.0. The van der Waals surface area contributed by atoms with Crippen LogP contribution in [0.15, 0.2) is 11.5 Å². The van der Waals surface area contributed by atoms with Crippen molar-refractivity contribution in [2.45, 2.75) is 44.8 Å². The molecule has 1 rings (SSSR count). The van der Waals surface area contributed by atoms with Crippen LogP contribution in [0, 0.1) is 0 Å². The minimum atomic E-state index is -0.835. The molecule has 1 aromatic rings. The minimum absolute atomic E-state index is 0.0187. The van der Waals surface area contributed by atoms with Gasteiger partial charge < -0.3 is 14.6 Å². The van der Waals surface area contributed by atoms with Gasteiger partial charge in [-0.25, -0.2) is 0 Å². The summed E-state index contributed by atoms with van der Waals surface area (Å²) in [5.41, 5.74) is 0. The molecular formula is C13H24N4O2S. The second-order valence-corrected chi connectivity index (χ2v) is 5.66. The Morgan fingerprint density at radius 2 is 2.20 bits per heavy atom. The van der Waals surface area contributed by atoms with Crippen LogP contribution in [-0.2, 0) is 4.79 Å². The zero-order valence-corrected chi connectivity index (χ0v) is 13.3. The summed E-state index contributed by atoms with van der Waals surface area (Å²) >= 11 is 1.22. The molecule has 1 unspecified atom stereocenters. The fourth-order valence-electron chi connectivity index (χ4n) is 2.05. The number of carboxylic acids is 1. The van der Waals surface area contributed by atoms with Crippen molar-refractivity contribution in [1.29, 1.82) is 0 Å². The molecule has 0 radical (unpaired) electrons. The smallest absolute Gasteiger partial charge is 0.313 e. The molecule has 0 fully saturated rings. The molecule has 0 bridgehead atoms. The number of aromatic nitrogens is 3. The number of aliphatic carboxylic acids is 1. The molecule has 0 aromatic carbocycles. The van der Waals surface area contributed by atoms with Gasteiger partial charge in [0.2, 0.25) is 0 Å². The third kappa shape index (κ3) is 5.50. The first-order chi connectivity index (χ1) is 9.58. The van der Waals surface area contributed by atoms with Crippen LogP contribution in [0.5, 0.6) is 0 Å². The molecule has 0 amide bonds. The summed E-state index contributed by atoms with van der Waals surface area (Å²) in [5, 5.41) is 17.3. The van der Waals surface area contributed by atoms with Gasteiger partial charge in [-0.15, -0.1) is 10.2 Å². The first kappa shape index (κ1) is 17.0. The maximum absolute atomic E-state index is 10.6. The number of hydrogen-bond acceptors (Lipinski definition) is 5. The van der Waals surface area contributed by atoms with Crippen LogP contribution in [0.2, 0.25) is 0 Å². The number of carbonyl (C=O) groups is 1. The SMILES string of the molecule is CCN(CC)CCCC(C)n1cnnc1SCC(=O)O. The highest BCUT2D eigenvalue weighted by Gasteiger charge is 2.13. The average Bonchev–Trinajstić information content (AvgIpc) is 2.89. The van der Waals surface area contributed by atoms with E-state index in [4.69, 9.17) is 5.11 Å². The molecule has 114 valence electrons. The van der Waals surface area contributed by atoms with Gasteiger partial charge in [0, 0.05) is 6.04 Å². The number of thioether (sulfide) groups is 1. The minimum Gasteiger partial charge on any atom is -0.481 e. The van der Waals surface area contributed by atoms with Gasteiger partial charge >= 0.3 is 5.97 Å². The van der Waals surface area contributed by atoms with Crippen LogP contribution in [-0.4, -0.2) is 56.1 Å². The highest BCUT2D eigenvalue weighted by atomic mass is 32.2. The van der Waals surface area contributed by atoms with Crippen molar-refractivity contribution in [2.75, 3.05) is 25.4 Å². The van der Waals surface area contributed by atoms with E-state index in [-0.39, 0.29) is 11.8 Å². The molecule has 1 N–H and O–H groups in total. The molecule has 0 aliphatic heterocycles. The fourth-order valence-corrected chi connectivity index (χ4v) is 2.79. The highest BCUT2D eigenvalue weighted by molar-refractivity contribution is 7.99. The van der Waals surface area contributed by atoms with Crippen molar-refractivity contribution >= 4 is 17.7 Å². The zero-order valence-electron chi connectivity index (χ0n) is 12.4. The van der Waals surface area contributed by atoms with Crippen LogP contribution >= 0.6 is 11.8 Å². The van der Waals surface area contributed by atoms with Crippen molar-refractivity contribution in [3.63, 3.8) is 0 Å². The van der Waals surface area contributed by atoms with Gasteiger partial charge in [-0.2, -0.15) is 0 Å². The van der Waals surface area contributed by atoms with Gasteiger partial charge in [0.25, 0.3) is 0 Å². The third-order valence-electron chi connectivity index (χ3n) is 3.33. The predicted octanol–water partition coefficient (Wildman–Crippen LogP) is 2.14. The van der Waals surface area contributed by atoms with E-state index in [1.165, 1.54) is 11.8 Å². The first-order valence-corrected chi connectivity index (χ1v) is 8.03. The predicted molar refractivity (Wildman–Crippen MR) is 80.1 cm³/mol. The van der Waals surface area contributed by atoms with Gasteiger partial charge in [0.05, 0.1) is 5.75 Å². The first-order valence-electron chi connectivity index (χ1n) is 7.04. The second kappa shape index (κ2) is 8.97. The van der Waals surface area contributed by atoms with Gasteiger partial charge in [0.1, 0.15) is 6.33 Å². The Hall–Kier alpha value is -1.08. The van der Waals surface area contributed by atoms with Crippen molar-refractivity contribution in [1.82, 2.24) is 19.7 Å². The van der Waals surface area contributed by atoms with E-state index in [1.54, 1.807) is 6.33 Å². The second-order valence-electron chi connectivity index (χ2n) is 4.72. The molecule has 0 aliphatic rings. The molecule has 0 saturated heterocycles. The van der Waals surface area contributed by atoms with Gasteiger partial charge in [-0.3, -0.25) is 4.79 Å².